The highest BCUT2D eigenvalue weighted by Crippen LogP contribution is 2.56. The molecule has 43 heavy (non-hydrogen) atoms. The van der Waals surface area contributed by atoms with Gasteiger partial charge in [0.2, 0.25) is 0 Å². The number of benzene rings is 4. The van der Waals surface area contributed by atoms with Crippen molar-refractivity contribution in [1.82, 2.24) is 0 Å². The summed E-state index contributed by atoms with van der Waals surface area (Å²) in [5.41, 5.74) is 0. The van der Waals surface area contributed by atoms with Gasteiger partial charge in [0, 0.05) is 19.3 Å². The van der Waals surface area contributed by atoms with Crippen LogP contribution in [-0.4, -0.2) is 40.4 Å². The van der Waals surface area contributed by atoms with Crippen LogP contribution in [-0.2, 0) is 9.47 Å². The molecule has 4 aromatic rings. The molecule has 0 fully saturated rings. The molecule has 0 aliphatic rings. The monoisotopic (exact) mass is 613 g/mol. The summed E-state index contributed by atoms with van der Waals surface area (Å²) in [5, 5.41) is 15.6. The fraction of sp³-hybridized carbons (Fsp3) is 0.351. The SMILES string of the molecule is CCOC(OCC)[Si]CCCCCCCCOc1ccc(O)cc1[P+](c1ccccc1)(c1ccccc1)c1ccccc1. The second-order valence-electron chi connectivity index (χ2n) is 10.5. The van der Waals surface area contributed by atoms with Crippen molar-refractivity contribution in [2.45, 2.75) is 64.3 Å². The molecular weight excluding hydrogens is 567 g/mol. The van der Waals surface area contributed by atoms with Crippen molar-refractivity contribution < 1.29 is 19.3 Å². The van der Waals surface area contributed by atoms with Crippen LogP contribution in [0.15, 0.2) is 109 Å². The second kappa shape index (κ2) is 18.0. The van der Waals surface area contributed by atoms with Crippen LogP contribution >= 0.6 is 7.26 Å². The van der Waals surface area contributed by atoms with E-state index in [1.165, 1.54) is 47.6 Å². The van der Waals surface area contributed by atoms with Crippen LogP contribution in [0.25, 0.3) is 0 Å². The van der Waals surface area contributed by atoms with Crippen LogP contribution in [0, 0.1) is 0 Å². The lowest BCUT2D eigenvalue weighted by Gasteiger charge is -2.29. The zero-order chi connectivity index (χ0) is 30.2. The normalized spacial score (nSPS) is 11.6. The summed E-state index contributed by atoms with van der Waals surface area (Å²) >= 11 is 0. The highest BCUT2D eigenvalue weighted by molar-refractivity contribution is 8.01. The molecule has 2 radical (unpaired) electrons. The first kappa shape index (κ1) is 33.0. The lowest BCUT2D eigenvalue weighted by molar-refractivity contribution is -0.0827. The van der Waals surface area contributed by atoms with E-state index in [9.17, 15) is 5.11 Å². The summed E-state index contributed by atoms with van der Waals surface area (Å²) < 4.78 is 17.9. The number of unbranched alkanes of at least 4 members (excludes halogenated alkanes) is 5. The minimum Gasteiger partial charge on any atom is -0.508 e. The highest BCUT2D eigenvalue weighted by Gasteiger charge is 2.50. The first-order valence-corrected chi connectivity index (χ1v) is 18.8. The summed E-state index contributed by atoms with van der Waals surface area (Å²) in [5.74, 6) is 1.08. The number of phenolic OH excluding ortho intramolecular Hbond substituents is 1. The van der Waals surface area contributed by atoms with E-state index in [1.807, 2.05) is 26.0 Å². The quantitative estimate of drug-likeness (QED) is 0.0526. The van der Waals surface area contributed by atoms with Crippen LogP contribution < -0.4 is 26.0 Å². The maximum absolute atomic E-state index is 10.8. The van der Waals surface area contributed by atoms with Gasteiger partial charge in [-0.05, 0) is 68.8 Å². The molecule has 4 rings (SSSR count). The second-order valence-corrected chi connectivity index (χ2v) is 15.2. The molecule has 0 unspecified atom stereocenters. The molecule has 0 saturated carbocycles. The summed E-state index contributed by atoms with van der Waals surface area (Å²) in [7, 11) is -1.65. The summed E-state index contributed by atoms with van der Waals surface area (Å²) in [6, 6.07) is 38.9. The van der Waals surface area contributed by atoms with Gasteiger partial charge < -0.3 is 19.3 Å². The molecule has 0 saturated heterocycles. The molecule has 4 nitrogen and oxygen atoms in total. The Bertz CT molecular complexity index is 1220. The van der Waals surface area contributed by atoms with Crippen molar-refractivity contribution in [3.63, 3.8) is 0 Å². The highest BCUT2D eigenvalue weighted by atomic mass is 31.2. The van der Waals surface area contributed by atoms with Crippen molar-refractivity contribution in [2.24, 2.45) is 0 Å². The van der Waals surface area contributed by atoms with Gasteiger partial charge in [0.15, 0.2) is 11.1 Å². The number of ether oxygens (including phenoxy) is 3. The summed E-state index contributed by atoms with van der Waals surface area (Å²) in [6.45, 7) is 6.12. The molecule has 0 bridgehead atoms. The Morgan fingerprint density at radius 1 is 0.628 bits per heavy atom. The zero-order valence-corrected chi connectivity index (χ0v) is 27.6. The summed E-state index contributed by atoms with van der Waals surface area (Å²) in [6.07, 6.45) is 7.09. The largest absolute Gasteiger partial charge is 0.508 e. The molecule has 0 aromatic heterocycles. The smallest absolute Gasteiger partial charge is 0.162 e. The molecule has 6 heteroatoms. The fourth-order valence-electron chi connectivity index (χ4n) is 5.51. The van der Waals surface area contributed by atoms with Crippen molar-refractivity contribution in [1.29, 1.82) is 0 Å². The Kier molecular flexibility index (Phi) is 13.8. The van der Waals surface area contributed by atoms with Crippen molar-refractivity contribution >= 4 is 38.0 Å². The fourth-order valence-corrected chi connectivity index (χ4v) is 11.2. The van der Waals surface area contributed by atoms with E-state index in [2.05, 4.69) is 91.0 Å². The first-order valence-electron chi connectivity index (χ1n) is 15.7. The predicted molar refractivity (Wildman–Crippen MR) is 184 cm³/mol. The lowest BCUT2D eigenvalue weighted by atomic mass is 10.1. The summed E-state index contributed by atoms with van der Waals surface area (Å²) in [4.78, 5) is 0. The molecule has 0 aliphatic heterocycles. The maximum atomic E-state index is 10.8. The molecule has 1 N–H and O–H groups in total. The van der Waals surface area contributed by atoms with Gasteiger partial charge in [-0.15, -0.1) is 0 Å². The average molecular weight is 614 g/mol. The van der Waals surface area contributed by atoms with E-state index in [0.29, 0.717) is 29.3 Å². The van der Waals surface area contributed by atoms with Crippen LogP contribution in [0.4, 0.5) is 0 Å². The third-order valence-corrected chi connectivity index (χ3v) is 13.1. The topological polar surface area (TPSA) is 47.9 Å². The van der Waals surface area contributed by atoms with Crippen LogP contribution in [0.2, 0.25) is 6.04 Å². The number of rotatable bonds is 19. The Morgan fingerprint density at radius 3 is 1.63 bits per heavy atom. The Balaban J connectivity index is 1.45. The van der Waals surface area contributed by atoms with E-state index in [1.54, 1.807) is 6.07 Å². The van der Waals surface area contributed by atoms with Gasteiger partial charge in [-0.1, -0.05) is 92.7 Å². The number of hydrogen-bond donors (Lipinski definition) is 1. The number of hydrogen-bond acceptors (Lipinski definition) is 4. The number of aromatic hydroxyl groups is 1. The van der Waals surface area contributed by atoms with E-state index >= 15 is 0 Å². The third kappa shape index (κ3) is 9.03. The van der Waals surface area contributed by atoms with E-state index in [4.69, 9.17) is 14.2 Å². The zero-order valence-electron chi connectivity index (χ0n) is 25.7. The maximum Gasteiger partial charge on any atom is 0.162 e. The molecule has 0 atom stereocenters. The lowest BCUT2D eigenvalue weighted by Crippen LogP contribution is -2.39. The van der Waals surface area contributed by atoms with Crippen LogP contribution in [0.3, 0.4) is 0 Å². The Hall–Kier alpha value is -2.95. The van der Waals surface area contributed by atoms with E-state index < -0.39 is 7.26 Å². The first-order chi connectivity index (χ1) is 21.2. The molecule has 4 aromatic carbocycles. The van der Waals surface area contributed by atoms with Gasteiger partial charge in [0.05, 0.1) is 6.61 Å². The van der Waals surface area contributed by atoms with Crippen molar-refractivity contribution in [3.05, 3.63) is 109 Å². The Morgan fingerprint density at radius 2 is 1.12 bits per heavy atom. The van der Waals surface area contributed by atoms with Crippen LogP contribution in [0.5, 0.6) is 11.5 Å². The van der Waals surface area contributed by atoms with Gasteiger partial charge in [-0.3, -0.25) is 0 Å². The average Bonchev–Trinajstić information content (AvgIpc) is 3.05. The third-order valence-electron chi connectivity index (χ3n) is 7.51. The molecule has 0 spiro atoms. The van der Waals surface area contributed by atoms with Gasteiger partial charge in [0.25, 0.3) is 0 Å². The molecule has 226 valence electrons. The van der Waals surface area contributed by atoms with Gasteiger partial charge >= 0.3 is 0 Å². The van der Waals surface area contributed by atoms with Gasteiger partial charge in [0.1, 0.15) is 44.4 Å². The van der Waals surface area contributed by atoms with Crippen molar-refractivity contribution in [2.75, 3.05) is 19.8 Å². The molecule has 0 heterocycles. The minimum absolute atomic E-state index is 0.0243. The molecular formula is C37H46O4PSi+. The van der Waals surface area contributed by atoms with Gasteiger partial charge in [-0.2, -0.15) is 0 Å². The van der Waals surface area contributed by atoms with E-state index in [0.717, 1.165) is 23.9 Å². The standard InChI is InChI=1S/C37H45O4PSi/c1-3-39-37(40-4-2)43-29-19-8-6-5-7-18-28-41-35-27-26-31(38)30-36(35)42(32-20-12-9-13-21-32,33-22-14-10-15-23-33)34-24-16-11-17-25-34/h9-17,20-27,30,37H,3-8,18-19,28-29H2,1-2H3/p+1. The predicted octanol–water partition coefficient (Wildman–Crippen LogP) is 7.21. The minimum atomic E-state index is -2.37. The van der Waals surface area contributed by atoms with E-state index in [-0.39, 0.29) is 11.7 Å². The molecule has 0 amide bonds. The Labute approximate surface area is 261 Å². The van der Waals surface area contributed by atoms with Crippen molar-refractivity contribution in [3.8, 4) is 11.5 Å². The van der Waals surface area contributed by atoms with Crippen LogP contribution in [0.1, 0.15) is 52.4 Å². The molecule has 0 aliphatic carbocycles. The number of phenols is 1. The van der Waals surface area contributed by atoms with Gasteiger partial charge in [-0.25, -0.2) is 0 Å².